The van der Waals surface area contributed by atoms with Crippen molar-refractivity contribution in [3.05, 3.63) is 29.1 Å². The molecule has 0 amide bonds. The highest BCUT2D eigenvalue weighted by Crippen LogP contribution is 2.28. The Morgan fingerprint density at radius 3 is 1.50 bits per heavy atom. The molecule has 0 aromatic heterocycles. The van der Waals surface area contributed by atoms with Crippen molar-refractivity contribution in [3.63, 3.8) is 0 Å². The van der Waals surface area contributed by atoms with Crippen molar-refractivity contribution in [1.82, 2.24) is 0 Å². The Bertz CT molecular complexity index is 361. The maximum Gasteiger partial charge on any atom is 0.298 e. The Hall–Kier alpha value is -1.66. The van der Waals surface area contributed by atoms with E-state index in [0.717, 1.165) is 0 Å². The maximum absolute atomic E-state index is 12.6. The first kappa shape index (κ1) is 10.4. The number of benzene rings is 1. The van der Waals surface area contributed by atoms with Crippen LogP contribution in [0.4, 0.5) is 22.0 Å². The summed E-state index contributed by atoms with van der Waals surface area (Å²) in [6.45, 7) is -0.446. The molecule has 0 saturated carbocycles. The van der Waals surface area contributed by atoms with Crippen molar-refractivity contribution in [2.75, 3.05) is 0 Å². The van der Waals surface area contributed by atoms with Gasteiger partial charge in [-0.2, -0.15) is 8.78 Å². The fourth-order valence-electron chi connectivity index (χ4n) is 0.736. The second kappa shape index (κ2) is 3.60. The molecule has 0 bridgehead atoms. The third-order valence-corrected chi connectivity index (χ3v) is 1.34. The monoisotopic (exact) mass is 212 g/mol. The molecule has 1 aromatic carbocycles. The average molecular weight is 212 g/mol. The van der Waals surface area contributed by atoms with Crippen molar-refractivity contribution >= 4 is 6.47 Å². The van der Waals surface area contributed by atoms with Crippen LogP contribution in [0.3, 0.4) is 0 Å². The van der Waals surface area contributed by atoms with E-state index < -0.39 is 41.3 Å². The Kier molecular flexibility index (Phi) is 2.68. The van der Waals surface area contributed by atoms with Crippen LogP contribution in [0.2, 0.25) is 0 Å². The van der Waals surface area contributed by atoms with Gasteiger partial charge in [-0.05, 0) is 0 Å². The minimum atomic E-state index is -2.31. The van der Waals surface area contributed by atoms with Crippen molar-refractivity contribution < 1.29 is 31.5 Å². The molecular formula is C7HF5O2. The summed E-state index contributed by atoms with van der Waals surface area (Å²) in [6, 6.07) is 0. The van der Waals surface area contributed by atoms with Gasteiger partial charge in [-0.15, -0.1) is 0 Å². The van der Waals surface area contributed by atoms with Gasteiger partial charge in [-0.1, -0.05) is 0 Å². The number of hydrogen-bond acceptors (Lipinski definition) is 2. The van der Waals surface area contributed by atoms with E-state index in [1.165, 1.54) is 0 Å². The zero-order chi connectivity index (χ0) is 10.9. The number of hydrogen-bond donors (Lipinski definition) is 0. The second-order valence-corrected chi connectivity index (χ2v) is 2.11. The maximum atomic E-state index is 12.6. The summed E-state index contributed by atoms with van der Waals surface area (Å²) in [5.74, 6) is -12.6. The van der Waals surface area contributed by atoms with E-state index in [4.69, 9.17) is 0 Å². The lowest BCUT2D eigenvalue weighted by molar-refractivity contribution is -0.121. The molecule has 0 N–H and O–H groups in total. The Morgan fingerprint density at radius 1 is 0.786 bits per heavy atom. The molecule has 0 aliphatic carbocycles. The molecule has 0 spiro atoms. The standard InChI is InChI=1S/C7HF5O2/c8-2-3(9)5(11)7(14-1-13)6(12)4(2)10/h1H. The largest absolute Gasteiger partial charge is 0.422 e. The van der Waals surface area contributed by atoms with Crippen molar-refractivity contribution in [2.24, 2.45) is 0 Å². The fraction of sp³-hybridized carbons (Fsp3) is 0. The number of halogens is 5. The molecule has 0 aliphatic rings. The molecular weight excluding hydrogens is 211 g/mol. The molecule has 0 radical (unpaired) electrons. The van der Waals surface area contributed by atoms with Crippen LogP contribution in [0.25, 0.3) is 0 Å². The predicted octanol–water partition coefficient (Wildman–Crippen LogP) is 1.92. The quantitative estimate of drug-likeness (QED) is 0.324. The predicted molar refractivity (Wildman–Crippen MR) is 32.9 cm³/mol. The zero-order valence-electron chi connectivity index (χ0n) is 6.28. The zero-order valence-corrected chi connectivity index (χ0v) is 6.28. The van der Waals surface area contributed by atoms with Crippen LogP contribution in [-0.4, -0.2) is 6.47 Å². The summed E-state index contributed by atoms with van der Waals surface area (Å²) in [5, 5.41) is 0. The fourth-order valence-corrected chi connectivity index (χ4v) is 0.736. The minimum Gasteiger partial charge on any atom is -0.422 e. The van der Waals surface area contributed by atoms with Gasteiger partial charge >= 0.3 is 0 Å². The molecule has 0 aliphatic heterocycles. The van der Waals surface area contributed by atoms with Gasteiger partial charge in [0.15, 0.2) is 0 Å². The molecule has 1 aromatic rings. The summed E-state index contributed by atoms with van der Waals surface area (Å²) < 4.78 is 65.9. The van der Waals surface area contributed by atoms with E-state index in [-0.39, 0.29) is 0 Å². The van der Waals surface area contributed by atoms with E-state index in [9.17, 15) is 26.7 Å². The molecule has 7 heteroatoms. The van der Waals surface area contributed by atoms with Crippen molar-refractivity contribution in [1.29, 1.82) is 0 Å². The van der Waals surface area contributed by atoms with Gasteiger partial charge in [0, 0.05) is 0 Å². The molecule has 0 heterocycles. The van der Waals surface area contributed by atoms with Gasteiger partial charge in [-0.3, -0.25) is 4.79 Å². The molecule has 14 heavy (non-hydrogen) atoms. The lowest BCUT2D eigenvalue weighted by Crippen LogP contribution is -2.05. The van der Waals surface area contributed by atoms with Crippen LogP contribution < -0.4 is 4.74 Å². The highest BCUT2D eigenvalue weighted by atomic mass is 19.2. The number of ether oxygens (including phenoxy) is 1. The van der Waals surface area contributed by atoms with Gasteiger partial charge in [0.1, 0.15) is 0 Å². The highest BCUT2D eigenvalue weighted by Gasteiger charge is 2.26. The van der Waals surface area contributed by atoms with E-state index in [2.05, 4.69) is 4.74 Å². The first-order chi connectivity index (χ1) is 6.50. The minimum absolute atomic E-state index is 0.446. The van der Waals surface area contributed by atoms with Crippen LogP contribution in [0.5, 0.6) is 5.75 Å². The number of rotatable bonds is 2. The van der Waals surface area contributed by atoms with Gasteiger partial charge in [0.05, 0.1) is 0 Å². The van der Waals surface area contributed by atoms with Gasteiger partial charge in [0.2, 0.25) is 34.8 Å². The van der Waals surface area contributed by atoms with Crippen LogP contribution in [0.15, 0.2) is 0 Å². The summed E-state index contributed by atoms with van der Waals surface area (Å²) in [4.78, 5) is 9.69. The van der Waals surface area contributed by atoms with Crippen LogP contribution >= 0.6 is 0 Å². The molecule has 76 valence electrons. The smallest absolute Gasteiger partial charge is 0.298 e. The van der Waals surface area contributed by atoms with Crippen LogP contribution in [-0.2, 0) is 4.79 Å². The van der Waals surface area contributed by atoms with Gasteiger partial charge in [0.25, 0.3) is 6.47 Å². The lowest BCUT2D eigenvalue weighted by Gasteiger charge is -2.04. The SMILES string of the molecule is O=COc1c(F)c(F)c(F)c(F)c1F. The van der Waals surface area contributed by atoms with E-state index in [0.29, 0.717) is 0 Å². The molecule has 2 nitrogen and oxygen atoms in total. The molecule has 1 rings (SSSR count). The first-order valence-corrected chi connectivity index (χ1v) is 3.12. The molecule has 0 saturated heterocycles. The summed E-state index contributed by atoms with van der Waals surface area (Å²) >= 11 is 0. The van der Waals surface area contributed by atoms with Gasteiger partial charge in [-0.25, -0.2) is 13.2 Å². The Morgan fingerprint density at radius 2 is 1.14 bits per heavy atom. The topological polar surface area (TPSA) is 26.3 Å². The van der Waals surface area contributed by atoms with Crippen LogP contribution in [0.1, 0.15) is 0 Å². The summed E-state index contributed by atoms with van der Waals surface area (Å²) in [5.41, 5.74) is 0. The van der Waals surface area contributed by atoms with E-state index in [1.807, 2.05) is 0 Å². The Labute approximate surface area is 73.9 Å². The second-order valence-electron chi connectivity index (χ2n) is 2.11. The van der Waals surface area contributed by atoms with Crippen LogP contribution in [0, 0.1) is 29.1 Å². The Balaban J connectivity index is 3.50. The van der Waals surface area contributed by atoms with Gasteiger partial charge < -0.3 is 4.74 Å². The number of carbonyl (C=O) groups excluding carboxylic acids is 1. The van der Waals surface area contributed by atoms with Crippen molar-refractivity contribution in [3.8, 4) is 5.75 Å². The summed E-state index contributed by atoms with van der Waals surface area (Å²) in [7, 11) is 0. The lowest BCUT2D eigenvalue weighted by atomic mass is 10.3. The average Bonchev–Trinajstić information content (AvgIpc) is 2.19. The summed E-state index contributed by atoms with van der Waals surface area (Å²) in [6.07, 6.45) is 0. The third-order valence-electron chi connectivity index (χ3n) is 1.34. The molecule has 0 unspecified atom stereocenters. The first-order valence-electron chi connectivity index (χ1n) is 3.12. The molecule has 0 atom stereocenters. The van der Waals surface area contributed by atoms with E-state index >= 15 is 0 Å². The third kappa shape index (κ3) is 1.40. The van der Waals surface area contributed by atoms with E-state index in [1.54, 1.807) is 0 Å². The highest BCUT2D eigenvalue weighted by molar-refractivity contribution is 5.46. The van der Waals surface area contributed by atoms with Crippen molar-refractivity contribution in [2.45, 2.75) is 0 Å². The normalized spacial score (nSPS) is 10.1. The number of carbonyl (C=O) groups is 1. The molecule has 0 fully saturated rings.